The van der Waals surface area contributed by atoms with Gasteiger partial charge in [-0.15, -0.1) is 22.7 Å². The van der Waals surface area contributed by atoms with Crippen LogP contribution in [-0.2, 0) is 0 Å². The van der Waals surface area contributed by atoms with E-state index in [-0.39, 0.29) is 18.6 Å². The summed E-state index contributed by atoms with van der Waals surface area (Å²) in [5.74, 6) is 0.0200. The Morgan fingerprint density at radius 3 is 2.90 bits per heavy atom. The number of aliphatic hydroxyl groups excluding tert-OH is 1. The van der Waals surface area contributed by atoms with Crippen molar-refractivity contribution in [2.75, 3.05) is 13.2 Å². The van der Waals surface area contributed by atoms with Gasteiger partial charge in [0.15, 0.2) is 0 Å². The molecule has 0 saturated heterocycles. The van der Waals surface area contributed by atoms with Gasteiger partial charge in [0, 0.05) is 12.6 Å². The van der Waals surface area contributed by atoms with Crippen molar-refractivity contribution in [1.82, 2.24) is 9.88 Å². The number of hydrogen-bond acceptors (Lipinski definition) is 5. The van der Waals surface area contributed by atoms with Crippen LogP contribution in [0.2, 0.25) is 0 Å². The van der Waals surface area contributed by atoms with Crippen molar-refractivity contribution >= 4 is 28.6 Å². The fraction of sp³-hybridized carbons (Fsp3) is 0.467. The molecule has 0 aliphatic heterocycles. The lowest BCUT2D eigenvalue weighted by atomic mass is 9.91. The first-order valence-corrected chi connectivity index (χ1v) is 8.83. The minimum Gasteiger partial charge on any atom is -0.395 e. The predicted molar refractivity (Wildman–Crippen MR) is 85.9 cm³/mol. The van der Waals surface area contributed by atoms with Gasteiger partial charge in [0.2, 0.25) is 0 Å². The average molecular weight is 322 g/mol. The molecule has 1 fully saturated rings. The predicted octanol–water partition coefficient (Wildman–Crippen LogP) is 3.17. The van der Waals surface area contributed by atoms with E-state index in [1.165, 1.54) is 17.8 Å². The Morgan fingerprint density at radius 1 is 1.52 bits per heavy atom. The third-order valence-corrected chi connectivity index (χ3v) is 6.02. The number of carbonyl (C=O) groups excluding carboxylic acids is 1. The molecular weight excluding hydrogens is 304 g/mol. The molecule has 0 aromatic carbocycles. The normalized spacial score (nSPS) is 15.0. The molecule has 0 radical (unpaired) electrons. The standard InChI is InChI=1S/C15H18N2O2S2/c1-10-13(21-14(16-10)12-6-3-9-20-12)15(19)17(7-8-18)11-4-2-5-11/h3,6,9,11,18H,2,4-5,7-8H2,1H3. The number of aryl methyl sites for hydroxylation is 1. The molecule has 112 valence electrons. The first-order chi connectivity index (χ1) is 10.2. The van der Waals surface area contributed by atoms with E-state index in [1.54, 1.807) is 11.3 Å². The Bertz CT molecular complexity index is 618. The van der Waals surface area contributed by atoms with E-state index < -0.39 is 0 Å². The van der Waals surface area contributed by atoms with Gasteiger partial charge in [0.1, 0.15) is 9.88 Å². The number of rotatable bonds is 5. The minimum atomic E-state index is 0.0118. The highest BCUT2D eigenvalue weighted by molar-refractivity contribution is 7.22. The summed E-state index contributed by atoms with van der Waals surface area (Å²) < 4.78 is 0. The molecule has 6 heteroatoms. The van der Waals surface area contributed by atoms with Gasteiger partial charge >= 0.3 is 0 Å². The van der Waals surface area contributed by atoms with Crippen LogP contribution in [0.25, 0.3) is 9.88 Å². The van der Waals surface area contributed by atoms with Crippen LogP contribution in [0.5, 0.6) is 0 Å². The molecule has 21 heavy (non-hydrogen) atoms. The largest absolute Gasteiger partial charge is 0.395 e. The van der Waals surface area contributed by atoms with Gasteiger partial charge in [0.25, 0.3) is 5.91 Å². The lowest BCUT2D eigenvalue weighted by Crippen LogP contribution is -2.45. The Morgan fingerprint density at radius 2 is 2.33 bits per heavy atom. The van der Waals surface area contributed by atoms with E-state index in [9.17, 15) is 9.90 Å². The summed E-state index contributed by atoms with van der Waals surface area (Å²) in [7, 11) is 0. The number of aromatic nitrogens is 1. The number of hydrogen-bond donors (Lipinski definition) is 1. The van der Waals surface area contributed by atoms with E-state index in [4.69, 9.17) is 0 Å². The third kappa shape index (κ3) is 2.88. The summed E-state index contributed by atoms with van der Waals surface area (Å²) in [5.41, 5.74) is 0.788. The molecule has 1 N–H and O–H groups in total. The van der Waals surface area contributed by atoms with Gasteiger partial charge in [0.05, 0.1) is 17.2 Å². The monoisotopic (exact) mass is 322 g/mol. The summed E-state index contributed by atoms with van der Waals surface area (Å²) in [6.45, 7) is 2.31. The molecule has 3 rings (SSSR count). The Balaban J connectivity index is 1.86. The van der Waals surface area contributed by atoms with Crippen LogP contribution < -0.4 is 0 Å². The fourth-order valence-electron chi connectivity index (χ4n) is 2.49. The van der Waals surface area contributed by atoms with E-state index in [0.29, 0.717) is 11.4 Å². The summed E-state index contributed by atoms with van der Waals surface area (Å²) in [6.07, 6.45) is 3.25. The zero-order chi connectivity index (χ0) is 14.8. The number of carbonyl (C=O) groups is 1. The number of thiazole rings is 1. The molecule has 2 aromatic heterocycles. The lowest BCUT2D eigenvalue weighted by Gasteiger charge is -2.37. The number of thiophene rings is 1. The van der Waals surface area contributed by atoms with Gasteiger partial charge in [-0.25, -0.2) is 4.98 Å². The third-order valence-electron chi connectivity index (χ3n) is 3.84. The van der Waals surface area contributed by atoms with Crippen LogP contribution in [-0.4, -0.2) is 40.1 Å². The highest BCUT2D eigenvalue weighted by Crippen LogP contribution is 2.33. The summed E-state index contributed by atoms with van der Waals surface area (Å²) in [5, 5.41) is 12.1. The average Bonchev–Trinajstić information content (AvgIpc) is 3.04. The highest BCUT2D eigenvalue weighted by atomic mass is 32.1. The van der Waals surface area contributed by atoms with Crippen molar-refractivity contribution in [3.8, 4) is 9.88 Å². The molecule has 4 nitrogen and oxygen atoms in total. The highest BCUT2D eigenvalue weighted by Gasteiger charge is 2.31. The van der Waals surface area contributed by atoms with Crippen LogP contribution in [0.1, 0.15) is 34.6 Å². The van der Waals surface area contributed by atoms with Gasteiger partial charge in [-0.05, 0) is 37.6 Å². The van der Waals surface area contributed by atoms with E-state index in [0.717, 1.165) is 28.4 Å². The van der Waals surface area contributed by atoms with Crippen molar-refractivity contribution in [2.24, 2.45) is 0 Å². The van der Waals surface area contributed by atoms with Crippen molar-refractivity contribution < 1.29 is 9.90 Å². The Hall–Kier alpha value is -1.24. The molecular formula is C15H18N2O2S2. The maximum absolute atomic E-state index is 12.8. The van der Waals surface area contributed by atoms with Gasteiger partial charge in [-0.2, -0.15) is 0 Å². The summed E-state index contributed by atoms with van der Waals surface area (Å²) in [4.78, 5) is 20.9. The first kappa shape index (κ1) is 14.7. The number of amides is 1. The molecule has 2 heterocycles. The molecule has 2 aromatic rings. The van der Waals surface area contributed by atoms with Crippen LogP contribution >= 0.6 is 22.7 Å². The van der Waals surface area contributed by atoms with Gasteiger partial charge in [-0.3, -0.25) is 4.79 Å². The smallest absolute Gasteiger partial charge is 0.266 e. The maximum Gasteiger partial charge on any atom is 0.266 e. The molecule has 1 saturated carbocycles. The fourth-order valence-corrected chi connectivity index (χ4v) is 4.31. The minimum absolute atomic E-state index is 0.0118. The van der Waals surface area contributed by atoms with E-state index in [2.05, 4.69) is 4.98 Å². The molecule has 1 aliphatic rings. The topological polar surface area (TPSA) is 53.4 Å². The van der Waals surface area contributed by atoms with Crippen LogP contribution in [0, 0.1) is 6.92 Å². The van der Waals surface area contributed by atoms with Crippen LogP contribution in [0.15, 0.2) is 17.5 Å². The molecule has 0 bridgehead atoms. The SMILES string of the molecule is Cc1nc(-c2cccs2)sc1C(=O)N(CCO)C1CCC1. The first-order valence-electron chi connectivity index (χ1n) is 7.14. The number of nitrogens with zero attached hydrogens (tertiary/aromatic N) is 2. The zero-order valence-electron chi connectivity index (χ0n) is 11.9. The molecule has 1 amide bonds. The van der Waals surface area contributed by atoms with Crippen LogP contribution in [0.3, 0.4) is 0 Å². The molecule has 0 spiro atoms. The van der Waals surface area contributed by atoms with E-state index in [1.807, 2.05) is 29.3 Å². The summed E-state index contributed by atoms with van der Waals surface area (Å²) >= 11 is 3.09. The maximum atomic E-state index is 12.8. The second-order valence-corrected chi connectivity index (χ2v) is 7.16. The van der Waals surface area contributed by atoms with Gasteiger partial charge < -0.3 is 10.0 Å². The Labute approximate surface area is 132 Å². The second kappa shape index (κ2) is 6.25. The second-order valence-electron chi connectivity index (χ2n) is 5.22. The van der Waals surface area contributed by atoms with Crippen LogP contribution in [0.4, 0.5) is 0 Å². The summed E-state index contributed by atoms with van der Waals surface area (Å²) in [6, 6.07) is 4.30. The van der Waals surface area contributed by atoms with Crippen molar-refractivity contribution in [1.29, 1.82) is 0 Å². The van der Waals surface area contributed by atoms with Crippen molar-refractivity contribution in [2.45, 2.75) is 32.2 Å². The van der Waals surface area contributed by atoms with Crippen molar-refractivity contribution in [3.63, 3.8) is 0 Å². The van der Waals surface area contributed by atoms with Gasteiger partial charge in [-0.1, -0.05) is 6.07 Å². The molecule has 0 unspecified atom stereocenters. The lowest BCUT2D eigenvalue weighted by molar-refractivity contribution is 0.0529. The number of aliphatic hydroxyl groups is 1. The quantitative estimate of drug-likeness (QED) is 0.920. The van der Waals surface area contributed by atoms with Crippen molar-refractivity contribution in [3.05, 3.63) is 28.1 Å². The van der Waals surface area contributed by atoms with E-state index >= 15 is 0 Å². The molecule has 0 atom stereocenters. The molecule has 1 aliphatic carbocycles. The Kier molecular flexibility index (Phi) is 4.37. The zero-order valence-corrected chi connectivity index (χ0v) is 13.5.